The Morgan fingerprint density at radius 1 is 1.00 bits per heavy atom. The van der Waals surface area contributed by atoms with Crippen molar-refractivity contribution in [2.45, 2.75) is 64.8 Å². The van der Waals surface area contributed by atoms with Gasteiger partial charge in [0.15, 0.2) is 0 Å². The molecule has 3 N–H and O–H groups in total. The second-order valence-corrected chi connectivity index (χ2v) is 14.4. The van der Waals surface area contributed by atoms with Crippen LogP contribution in [-0.2, 0) is 11.3 Å². The topological polar surface area (TPSA) is 103 Å². The monoisotopic (exact) mass is 734 g/mol. The summed E-state index contributed by atoms with van der Waals surface area (Å²) < 4.78 is 12.9. The number of rotatable bonds is 8. The van der Waals surface area contributed by atoms with Gasteiger partial charge in [-0.15, -0.1) is 0 Å². The molecule has 4 aromatic carbocycles. The smallest absolute Gasteiger partial charge is 0.323 e. The molecule has 0 aromatic heterocycles. The molecule has 9 nitrogen and oxygen atoms in total. The Balaban J connectivity index is 1.38. The Hall–Kier alpha value is -3.86. The van der Waals surface area contributed by atoms with Crippen LogP contribution >= 0.6 is 23.2 Å². The number of hydrogen-bond donors (Lipinski definition) is 3. The predicted molar refractivity (Wildman–Crippen MR) is 206 cm³/mol. The zero-order valence-corrected chi connectivity index (χ0v) is 31.2. The van der Waals surface area contributed by atoms with Gasteiger partial charge in [0.1, 0.15) is 5.75 Å². The average molecular weight is 736 g/mol. The van der Waals surface area contributed by atoms with Gasteiger partial charge in [-0.25, -0.2) is 4.79 Å². The van der Waals surface area contributed by atoms with Gasteiger partial charge in [0.2, 0.25) is 0 Å². The van der Waals surface area contributed by atoms with Crippen LogP contribution in [0.1, 0.15) is 56.0 Å². The van der Waals surface area contributed by atoms with E-state index in [1.807, 2.05) is 75.5 Å². The van der Waals surface area contributed by atoms with Crippen LogP contribution in [0, 0.1) is 5.92 Å². The number of ether oxygens (including phenoxy) is 2. The minimum atomic E-state index is -0.487. The normalized spacial score (nSPS) is 19.6. The van der Waals surface area contributed by atoms with Crippen molar-refractivity contribution in [3.05, 3.63) is 100 Å². The lowest BCUT2D eigenvalue weighted by Gasteiger charge is -2.36. The summed E-state index contributed by atoms with van der Waals surface area (Å²) in [6, 6.07) is 23.4. The van der Waals surface area contributed by atoms with Crippen LogP contribution in [-0.4, -0.2) is 78.4 Å². The molecule has 0 unspecified atom stereocenters. The molecule has 51 heavy (non-hydrogen) atoms. The summed E-state index contributed by atoms with van der Waals surface area (Å²) in [6.07, 6.45) is 2.18. The number of fused-ring (bicyclic) bond motifs is 2. The number of aliphatic hydroxyl groups excluding tert-OH is 1. The molecule has 1 aliphatic rings. The maximum absolute atomic E-state index is 14.5. The van der Waals surface area contributed by atoms with Crippen LogP contribution in [0.15, 0.2) is 78.9 Å². The highest BCUT2D eigenvalue weighted by Crippen LogP contribution is 2.30. The van der Waals surface area contributed by atoms with Crippen LogP contribution in [0.4, 0.5) is 16.2 Å². The van der Waals surface area contributed by atoms with E-state index < -0.39 is 12.1 Å². The number of halogens is 2. The zero-order valence-electron chi connectivity index (χ0n) is 29.7. The van der Waals surface area contributed by atoms with Gasteiger partial charge in [0.05, 0.1) is 46.2 Å². The lowest BCUT2D eigenvalue weighted by Crippen LogP contribution is -2.47. The summed E-state index contributed by atoms with van der Waals surface area (Å²) in [5.41, 5.74) is 2.45. The number of amides is 3. The fraction of sp³-hybridized carbons (Fsp3) is 0.400. The van der Waals surface area contributed by atoms with Gasteiger partial charge < -0.3 is 30.1 Å². The molecule has 5 rings (SSSR count). The molecule has 4 atom stereocenters. The molecular formula is C40H48Cl2N4O5. The van der Waals surface area contributed by atoms with Crippen molar-refractivity contribution in [2.24, 2.45) is 5.92 Å². The summed E-state index contributed by atoms with van der Waals surface area (Å²) in [4.78, 5) is 31.6. The van der Waals surface area contributed by atoms with Crippen LogP contribution < -0.4 is 15.4 Å². The van der Waals surface area contributed by atoms with Crippen LogP contribution in [0.25, 0.3) is 10.8 Å². The minimum Gasteiger partial charge on any atom is -0.490 e. The molecule has 11 heteroatoms. The summed E-state index contributed by atoms with van der Waals surface area (Å²) in [7, 11) is 2.03. The third kappa shape index (κ3) is 10.4. The molecule has 0 bridgehead atoms. The largest absolute Gasteiger partial charge is 0.490 e. The average Bonchev–Trinajstić information content (AvgIpc) is 3.11. The number of nitrogens with zero attached hydrogens (tertiary/aromatic N) is 2. The van der Waals surface area contributed by atoms with E-state index in [1.54, 1.807) is 29.2 Å². The van der Waals surface area contributed by atoms with Crippen molar-refractivity contribution in [3.8, 4) is 5.75 Å². The Labute approximate surface area is 310 Å². The van der Waals surface area contributed by atoms with E-state index in [0.29, 0.717) is 59.0 Å². The number of urea groups is 1. The summed E-state index contributed by atoms with van der Waals surface area (Å²) in [5, 5.41) is 19.1. The van der Waals surface area contributed by atoms with E-state index in [4.69, 9.17) is 32.7 Å². The van der Waals surface area contributed by atoms with Crippen LogP contribution in [0.5, 0.6) is 5.75 Å². The molecule has 0 aliphatic carbocycles. The third-order valence-corrected chi connectivity index (χ3v) is 10.0. The Morgan fingerprint density at radius 2 is 1.78 bits per heavy atom. The van der Waals surface area contributed by atoms with Crippen molar-refractivity contribution in [1.82, 2.24) is 9.80 Å². The number of carbonyl (C=O) groups is 2. The Kier molecular flexibility index (Phi) is 13.6. The highest BCUT2D eigenvalue weighted by atomic mass is 35.5. The van der Waals surface area contributed by atoms with Crippen LogP contribution in [0.2, 0.25) is 10.0 Å². The van der Waals surface area contributed by atoms with Gasteiger partial charge in [-0.3, -0.25) is 9.69 Å². The van der Waals surface area contributed by atoms with Crippen molar-refractivity contribution in [2.75, 3.05) is 44.0 Å². The Bertz CT molecular complexity index is 1800. The standard InChI is InChI=1S/C40H48Cl2N4O5/c1-26-22-46(27(2)25-47)39(48)33-21-31(43-40(49)44-36-14-9-12-30-11-5-6-13-32(30)36)16-18-37(33)51-28(3)10-7-8-19-50-38(26)24-45(4)23-29-15-17-34(41)35(42)20-29/h5-6,9,11-18,20-21,26-28,38,47H,7-8,10,19,22-25H2,1-4H3,(H2,43,44,49)/t26-,27+,28-,38+/m1/s1. The number of carbonyl (C=O) groups excluding carboxylic acids is 2. The molecule has 1 heterocycles. The first-order valence-electron chi connectivity index (χ1n) is 17.5. The van der Waals surface area contributed by atoms with E-state index in [1.165, 1.54) is 0 Å². The second-order valence-electron chi connectivity index (χ2n) is 13.6. The van der Waals surface area contributed by atoms with Gasteiger partial charge in [0.25, 0.3) is 5.91 Å². The van der Waals surface area contributed by atoms with Gasteiger partial charge in [-0.05, 0) is 87.5 Å². The maximum atomic E-state index is 14.5. The molecule has 0 saturated heterocycles. The van der Waals surface area contributed by atoms with Gasteiger partial charge in [0, 0.05) is 43.2 Å². The molecule has 0 saturated carbocycles. The summed E-state index contributed by atoms with van der Waals surface area (Å²) in [6.45, 7) is 7.84. The molecule has 0 spiro atoms. The second kappa shape index (κ2) is 18.1. The van der Waals surface area contributed by atoms with Crippen molar-refractivity contribution >= 4 is 57.3 Å². The Morgan fingerprint density at radius 3 is 2.57 bits per heavy atom. The van der Waals surface area contributed by atoms with Crippen molar-refractivity contribution in [1.29, 1.82) is 0 Å². The zero-order chi connectivity index (χ0) is 36.5. The SMILES string of the molecule is C[C@@H]1CCCCO[C@@H](CN(C)Cc2ccc(Cl)c(Cl)c2)[C@H](C)CN([C@@H](C)CO)C(=O)c2cc(NC(=O)Nc3cccc4ccccc34)ccc2O1. The highest BCUT2D eigenvalue weighted by molar-refractivity contribution is 6.42. The fourth-order valence-electron chi connectivity index (χ4n) is 6.40. The van der Waals surface area contributed by atoms with Gasteiger partial charge in [-0.1, -0.05) is 72.6 Å². The summed E-state index contributed by atoms with van der Waals surface area (Å²) in [5.74, 6) is 0.0448. The van der Waals surface area contributed by atoms with Crippen LogP contribution in [0.3, 0.4) is 0 Å². The number of likely N-dealkylation sites (N-methyl/N-ethyl adjacent to an activating group) is 1. The molecule has 1 aliphatic heterocycles. The minimum absolute atomic E-state index is 0.0850. The summed E-state index contributed by atoms with van der Waals surface area (Å²) >= 11 is 12.4. The van der Waals surface area contributed by atoms with Gasteiger partial charge in [-0.2, -0.15) is 0 Å². The molecule has 0 fully saturated rings. The van der Waals surface area contributed by atoms with E-state index in [9.17, 15) is 14.7 Å². The van der Waals surface area contributed by atoms with E-state index in [2.05, 4.69) is 22.5 Å². The van der Waals surface area contributed by atoms with Crippen molar-refractivity contribution in [3.63, 3.8) is 0 Å². The number of anilines is 2. The molecular weight excluding hydrogens is 687 g/mol. The lowest BCUT2D eigenvalue weighted by molar-refractivity contribution is -0.0177. The number of nitrogens with one attached hydrogen (secondary N) is 2. The molecule has 0 radical (unpaired) electrons. The first-order chi connectivity index (χ1) is 24.5. The predicted octanol–water partition coefficient (Wildman–Crippen LogP) is 8.72. The molecule has 272 valence electrons. The number of benzene rings is 4. The molecule has 4 aromatic rings. The first-order valence-corrected chi connectivity index (χ1v) is 18.3. The van der Waals surface area contributed by atoms with E-state index in [0.717, 1.165) is 35.6 Å². The quantitative estimate of drug-likeness (QED) is 0.167. The number of hydrogen-bond acceptors (Lipinski definition) is 6. The number of aliphatic hydroxyl groups is 1. The van der Waals surface area contributed by atoms with E-state index >= 15 is 0 Å². The van der Waals surface area contributed by atoms with Gasteiger partial charge >= 0.3 is 6.03 Å². The van der Waals surface area contributed by atoms with Crippen molar-refractivity contribution < 1.29 is 24.2 Å². The lowest BCUT2D eigenvalue weighted by atomic mass is 10.0. The van der Waals surface area contributed by atoms with E-state index in [-0.39, 0.29) is 30.6 Å². The highest BCUT2D eigenvalue weighted by Gasteiger charge is 2.30. The molecule has 3 amide bonds. The first kappa shape index (κ1) is 38.4. The fourth-order valence-corrected chi connectivity index (χ4v) is 6.72. The third-order valence-electron chi connectivity index (χ3n) is 9.28. The maximum Gasteiger partial charge on any atom is 0.323 e.